The molecular formula is C17H26N2. The summed E-state index contributed by atoms with van der Waals surface area (Å²) in [5.74, 6) is 0. The van der Waals surface area contributed by atoms with Crippen molar-refractivity contribution in [3.8, 4) is 0 Å². The highest BCUT2D eigenvalue weighted by atomic mass is 15.2. The second kappa shape index (κ2) is 5.26. The van der Waals surface area contributed by atoms with Crippen LogP contribution in [0, 0.1) is 0 Å². The normalized spacial score (nSPS) is 32.6. The number of likely N-dealkylation sites (tertiary alicyclic amines) is 1. The maximum Gasteiger partial charge on any atom is 0.0541 e. The van der Waals surface area contributed by atoms with Crippen LogP contribution in [-0.2, 0) is 12.0 Å². The van der Waals surface area contributed by atoms with E-state index in [4.69, 9.17) is 5.73 Å². The van der Waals surface area contributed by atoms with Gasteiger partial charge in [-0.1, -0.05) is 37.1 Å². The lowest BCUT2D eigenvalue weighted by atomic mass is 9.74. The highest BCUT2D eigenvalue weighted by molar-refractivity contribution is 5.37. The molecule has 1 aliphatic heterocycles. The molecule has 0 bridgehead atoms. The lowest BCUT2D eigenvalue weighted by Gasteiger charge is -2.46. The van der Waals surface area contributed by atoms with E-state index in [9.17, 15) is 0 Å². The van der Waals surface area contributed by atoms with Crippen molar-refractivity contribution in [2.24, 2.45) is 5.73 Å². The van der Waals surface area contributed by atoms with E-state index in [2.05, 4.69) is 36.1 Å². The van der Waals surface area contributed by atoms with Gasteiger partial charge < -0.3 is 5.73 Å². The average molecular weight is 258 g/mol. The third-order valence-electron chi connectivity index (χ3n) is 5.06. The van der Waals surface area contributed by atoms with E-state index in [1.807, 2.05) is 0 Å². The van der Waals surface area contributed by atoms with Gasteiger partial charge in [0.25, 0.3) is 0 Å². The van der Waals surface area contributed by atoms with Gasteiger partial charge >= 0.3 is 0 Å². The Bertz CT molecular complexity index is 431. The van der Waals surface area contributed by atoms with Crippen LogP contribution in [0.25, 0.3) is 0 Å². The van der Waals surface area contributed by atoms with Crippen LogP contribution in [0.4, 0.5) is 0 Å². The molecule has 104 valence electrons. The molecule has 2 unspecified atom stereocenters. The molecule has 1 fully saturated rings. The predicted octanol–water partition coefficient (Wildman–Crippen LogP) is 3.05. The Balaban J connectivity index is 1.88. The van der Waals surface area contributed by atoms with Gasteiger partial charge in [-0.15, -0.1) is 0 Å². The van der Waals surface area contributed by atoms with Gasteiger partial charge in [0.15, 0.2) is 0 Å². The van der Waals surface area contributed by atoms with Gasteiger partial charge in [-0.2, -0.15) is 0 Å². The molecule has 2 aliphatic rings. The van der Waals surface area contributed by atoms with Gasteiger partial charge in [0.05, 0.1) is 5.54 Å². The zero-order chi connectivity index (χ0) is 13.3. The van der Waals surface area contributed by atoms with E-state index in [-0.39, 0.29) is 5.54 Å². The van der Waals surface area contributed by atoms with E-state index in [0.29, 0.717) is 6.04 Å². The molecule has 2 atom stereocenters. The highest BCUT2D eigenvalue weighted by Crippen LogP contribution is 2.36. The van der Waals surface area contributed by atoms with Gasteiger partial charge in [0.2, 0.25) is 0 Å². The molecule has 0 aromatic heterocycles. The van der Waals surface area contributed by atoms with Crippen molar-refractivity contribution in [2.45, 2.75) is 57.0 Å². The fourth-order valence-corrected chi connectivity index (χ4v) is 4.00. The summed E-state index contributed by atoms with van der Waals surface area (Å²) in [5, 5.41) is 0. The maximum atomic E-state index is 6.77. The molecular weight excluding hydrogens is 232 g/mol. The van der Waals surface area contributed by atoms with Crippen LogP contribution in [0.1, 0.15) is 50.2 Å². The van der Waals surface area contributed by atoms with Crippen LogP contribution in [0.2, 0.25) is 0 Å². The lowest BCUT2D eigenvalue weighted by molar-refractivity contribution is 0.114. The minimum atomic E-state index is -0.195. The monoisotopic (exact) mass is 258 g/mol. The third kappa shape index (κ3) is 2.44. The van der Waals surface area contributed by atoms with Crippen LogP contribution in [0.15, 0.2) is 24.3 Å². The molecule has 1 saturated heterocycles. The summed E-state index contributed by atoms with van der Waals surface area (Å²) in [6, 6.07) is 9.27. The molecule has 1 aliphatic carbocycles. The first-order valence-electron chi connectivity index (χ1n) is 7.81. The van der Waals surface area contributed by atoms with Crippen molar-refractivity contribution in [3.05, 3.63) is 35.4 Å². The smallest absolute Gasteiger partial charge is 0.0541 e. The van der Waals surface area contributed by atoms with Crippen LogP contribution in [-0.4, -0.2) is 24.0 Å². The van der Waals surface area contributed by atoms with Crippen molar-refractivity contribution in [3.63, 3.8) is 0 Å². The van der Waals surface area contributed by atoms with Gasteiger partial charge in [-0.25, -0.2) is 0 Å². The highest BCUT2D eigenvalue weighted by Gasteiger charge is 2.40. The molecule has 1 aromatic carbocycles. The summed E-state index contributed by atoms with van der Waals surface area (Å²) < 4.78 is 0. The number of hydrogen-bond donors (Lipinski definition) is 1. The number of benzene rings is 1. The number of nitrogens with two attached hydrogens (primary N) is 1. The Kier molecular flexibility index (Phi) is 3.64. The molecule has 1 aromatic rings. The summed E-state index contributed by atoms with van der Waals surface area (Å²) in [6.07, 6.45) is 7.86. The van der Waals surface area contributed by atoms with E-state index in [1.165, 1.54) is 62.7 Å². The van der Waals surface area contributed by atoms with Gasteiger partial charge in [-0.3, -0.25) is 4.90 Å². The number of fused-ring (bicyclic) bond motifs is 1. The summed E-state index contributed by atoms with van der Waals surface area (Å²) in [5.41, 5.74) is 9.41. The largest absolute Gasteiger partial charge is 0.320 e. The van der Waals surface area contributed by atoms with Crippen LogP contribution < -0.4 is 5.73 Å². The van der Waals surface area contributed by atoms with E-state index >= 15 is 0 Å². The Morgan fingerprint density at radius 2 is 1.79 bits per heavy atom. The van der Waals surface area contributed by atoms with Crippen molar-refractivity contribution in [1.29, 1.82) is 0 Å². The van der Waals surface area contributed by atoms with Crippen molar-refractivity contribution < 1.29 is 0 Å². The fourth-order valence-electron chi connectivity index (χ4n) is 4.00. The first-order valence-corrected chi connectivity index (χ1v) is 7.81. The number of aryl methyl sites for hydroxylation is 1. The van der Waals surface area contributed by atoms with Crippen molar-refractivity contribution in [1.82, 2.24) is 4.90 Å². The SMILES string of the molecule is CC1(N)c2ccccc2CCC1N1CCCCCC1. The van der Waals surface area contributed by atoms with Crippen LogP contribution in [0.5, 0.6) is 0 Å². The molecule has 0 saturated carbocycles. The first-order chi connectivity index (χ1) is 9.19. The summed E-state index contributed by atoms with van der Waals surface area (Å²) in [7, 11) is 0. The predicted molar refractivity (Wildman–Crippen MR) is 80.1 cm³/mol. The van der Waals surface area contributed by atoms with Crippen molar-refractivity contribution >= 4 is 0 Å². The molecule has 3 rings (SSSR count). The summed E-state index contributed by atoms with van der Waals surface area (Å²) in [4.78, 5) is 2.67. The second-order valence-corrected chi connectivity index (χ2v) is 6.44. The van der Waals surface area contributed by atoms with Crippen molar-refractivity contribution in [2.75, 3.05) is 13.1 Å². The molecule has 0 spiro atoms. The maximum absolute atomic E-state index is 6.77. The molecule has 1 heterocycles. The standard InChI is InChI=1S/C17H26N2/c1-17(18)15-9-5-4-8-14(15)10-11-16(17)19-12-6-2-3-7-13-19/h4-5,8-9,16H,2-3,6-7,10-13,18H2,1H3. The average Bonchev–Trinajstić information content (AvgIpc) is 2.68. The first kappa shape index (κ1) is 13.1. The Labute approximate surface area is 117 Å². The van der Waals surface area contributed by atoms with E-state index in [0.717, 1.165) is 0 Å². The number of rotatable bonds is 1. The van der Waals surface area contributed by atoms with Crippen LogP contribution in [0.3, 0.4) is 0 Å². The Hall–Kier alpha value is -0.860. The molecule has 2 heteroatoms. The zero-order valence-corrected chi connectivity index (χ0v) is 12.1. The fraction of sp³-hybridized carbons (Fsp3) is 0.647. The van der Waals surface area contributed by atoms with E-state index in [1.54, 1.807) is 0 Å². The number of nitrogens with zero attached hydrogens (tertiary/aromatic N) is 1. The van der Waals surface area contributed by atoms with Gasteiger partial charge in [-0.05, 0) is 56.8 Å². The molecule has 2 nitrogen and oxygen atoms in total. The number of hydrogen-bond acceptors (Lipinski definition) is 2. The molecule has 2 N–H and O–H groups in total. The van der Waals surface area contributed by atoms with Crippen LogP contribution >= 0.6 is 0 Å². The second-order valence-electron chi connectivity index (χ2n) is 6.44. The van der Waals surface area contributed by atoms with E-state index < -0.39 is 0 Å². The third-order valence-corrected chi connectivity index (χ3v) is 5.06. The van der Waals surface area contributed by atoms with Gasteiger partial charge in [0.1, 0.15) is 0 Å². The molecule has 0 amide bonds. The Morgan fingerprint density at radius 3 is 2.53 bits per heavy atom. The minimum Gasteiger partial charge on any atom is -0.320 e. The van der Waals surface area contributed by atoms with Gasteiger partial charge in [0, 0.05) is 6.04 Å². The Morgan fingerprint density at radius 1 is 1.11 bits per heavy atom. The molecule has 19 heavy (non-hydrogen) atoms. The lowest BCUT2D eigenvalue weighted by Crippen LogP contribution is -2.57. The minimum absolute atomic E-state index is 0.195. The quantitative estimate of drug-likeness (QED) is 0.839. The summed E-state index contributed by atoms with van der Waals surface area (Å²) in [6.45, 7) is 4.71. The topological polar surface area (TPSA) is 29.3 Å². The molecule has 0 radical (unpaired) electrons. The zero-order valence-electron chi connectivity index (χ0n) is 12.1. The summed E-state index contributed by atoms with van der Waals surface area (Å²) >= 11 is 0.